The Morgan fingerprint density at radius 3 is 2.68 bits per heavy atom. The van der Waals surface area contributed by atoms with E-state index in [1.54, 1.807) is 6.08 Å². The predicted octanol–water partition coefficient (Wildman–Crippen LogP) is 2.99. The van der Waals surface area contributed by atoms with Gasteiger partial charge in [-0.2, -0.15) is 0 Å². The molecule has 3 heterocycles. The highest BCUT2D eigenvalue weighted by Crippen LogP contribution is 2.44. The summed E-state index contributed by atoms with van der Waals surface area (Å²) < 4.78 is 23.3. The molecule has 0 aromatic heterocycles. The third kappa shape index (κ3) is 3.44. The van der Waals surface area contributed by atoms with Crippen LogP contribution in [0.5, 0.6) is 0 Å². The fourth-order valence-electron chi connectivity index (χ4n) is 4.21. The van der Waals surface area contributed by atoms with Gasteiger partial charge >= 0.3 is 0 Å². The van der Waals surface area contributed by atoms with E-state index >= 15 is 0 Å². The highest BCUT2D eigenvalue weighted by Gasteiger charge is 2.46. The van der Waals surface area contributed by atoms with Crippen molar-refractivity contribution in [3.63, 3.8) is 0 Å². The predicted molar refractivity (Wildman–Crippen MR) is 96.3 cm³/mol. The first-order valence-corrected chi connectivity index (χ1v) is 9.05. The van der Waals surface area contributed by atoms with Crippen molar-refractivity contribution < 1.29 is 18.9 Å². The van der Waals surface area contributed by atoms with Gasteiger partial charge in [-0.1, -0.05) is 30.9 Å². The minimum atomic E-state index is 0.155. The Morgan fingerprint density at radius 2 is 1.92 bits per heavy atom. The molecule has 0 bridgehead atoms. The largest absolute Gasteiger partial charge is 0.373 e. The Morgan fingerprint density at radius 1 is 1.12 bits per heavy atom. The topological polar surface area (TPSA) is 36.9 Å². The third-order valence-corrected chi connectivity index (χ3v) is 5.49. The van der Waals surface area contributed by atoms with Crippen molar-refractivity contribution in [3.05, 3.63) is 59.8 Å². The summed E-state index contributed by atoms with van der Waals surface area (Å²) in [6, 6.07) is 0. The van der Waals surface area contributed by atoms with Crippen LogP contribution in [0.2, 0.25) is 0 Å². The van der Waals surface area contributed by atoms with Crippen LogP contribution >= 0.6 is 0 Å². The molecule has 0 radical (unpaired) electrons. The summed E-state index contributed by atoms with van der Waals surface area (Å²) in [5.41, 5.74) is 4.75. The highest BCUT2D eigenvalue weighted by molar-refractivity contribution is 5.38. The molecule has 0 aromatic carbocycles. The maximum atomic E-state index is 6.19. The molecule has 3 aliphatic heterocycles. The molecule has 4 aliphatic rings. The van der Waals surface area contributed by atoms with E-state index in [0.717, 1.165) is 18.6 Å². The van der Waals surface area contributed by atoms with E-state index in [2.05, 4.69) is 31.4 Å². The van der Waals surface area contributed by atoms with Gasteiger partial charge in [-0.25, -0.2) is 0 Å². The Balaban J connectivity index is 1.43. The monoisotopic (exact) mass is 342 g/mol. The Bertz CT molecular complexity index is 642. The normalized spacial score (nSPS) is 33.8. The first-order chi connectivity index (χ1) is 12.3. The molecule has 1 aliphatic carbocycles. The lowest BCUT2D eigenvalue weighted by molar-refractivity contribution is -0.0713. The molecular formula is C21H26O4. The van der Waals surface area contributed by atoms with Gasteiger partial charge in [-0.05, 0) is 28.7 Å². The zero-order valence-corrected chi connectivity index (χ0v) is 14.6. The van der Waals surface area contributed by atoms with Crippen LogP contribution < -0.4 is 0 Å². The summed E-state index contributed by atoms with van der Waals surface area (Å²) in [7, 11) is 0. The molecule has 4 nitrogen and oxygen atoms in total. The molecule has 4 rings (SSSR count). The SMILES string of the molecule is C=CCOCC(=C)C1=C[C@@H]2C[C@@H]3C=C(C4=CCOC4)CO[C@@H]3[C@@H]2OC1. The number of hydrogen-bond acceptors (Lipinski definition) is 4. The fraction of sp³-hybridized carbons (Fsp3) is 0.524. The van der Waals surface area contributed by atoms with Crippen LogP contribution in [0.25, 0.3) is 0 Å². The maximum absolute atomic E-state index is 6.19. The summed E-state index contributed by atoms with van der Waals surface area (Å²) in [6.45, 7) is 11.6. The van der Waals surface area contributed by atoms with Crippen molar-refractivity contribution in [1.29, 1.82) is 0 Å². The van der Waals surface area contributed by atoms with Gasteiger partial charge in [0, 0.05) is 11.8 Å². The van der Waals surface area contributed by atoms with Crippen LogP contribution in [0.1, 0.15) is 6.42 Å². The lowest BCUT2D eigenvalue weighted by atomic mass is 9.94. The van der Waals surface area contributed by atoms with Gasteiger partial charge in [0.15, 0.2) is 0 Å². The van der Waals surface area contributed by atoms with Crippen molar-refractivity contribution in [2.24, 2.45) is 11.8 Å². The van der Waals surface area contributed by atoms with Crippen LogP contribution in [0.15, 0.2) is 59.8 Å². The zero-order valence-electron chi connectivity index (χ0n) is 14.6. The smallest absolute Gasteiger partial charge is 0.0910 e. The molecule has 0 N–H and O–H groups in total. The minimum absolute atomic E-state index is 0.155. The second kappa shape index (κ2) is 7.42. The summed E-state index contributed by atoms with van der Waals surface area (Å²) >= 11 is 0. The molecule has 25 heavy (non-hydrogen) atoms. The molecule has 0 saturated heterocycles. The van der Waals surface area contributed by atoms with Crippen LogP contribution in [-0.2, 0) is 18.9 Å². The van der Waals surface area contributed by atoms with E-state index in [-0.39, 0.29) is 12.2 Å². The fourth-order valence-corrected chi connectivity index (χ4v) is 4.21. The van der Waals surface area contributed by atoms with E-state index in [0.29, 0.717) is 44.9 Å². The van der Waals surface area contributed by atoms with Crippen molar-refractivity contribution >= 4 is 0 Å². The van der Waals surface area contributed by atoms with Gasteiger partial charge in [-0.15, -0.1) is 6.58 Å². The summed E-state index contributed by atoms with van der Waals surface area (Å²) in [5, 5.41) is 0. The van der Waals surface area contributed by atoms with E-state index < -0.39 is 0 Å². The summed E-state index contributed by atoms with van der Waals surface area (Å²) in [6.07, 6.45) is 10.0. The molecule has 4 heteroatoms. The van der Waals surface area contributed by atoms with Crippen LogP contribution in [0.3, 0.4) is 0 Å². The number of hydrogen-bond donors (Lipinski definition) is 0. The van der Waals surface area contributed by atoms with Gasteiger partial charge in [0.25, 0.3) is 0 Å². The molecular weight excluding hydrogens is 316 g/mol. The molecule has 0 spiro atoms. The van der Waals surface area contributed by atoms with Gasteiger partial charge in [0.05, 0.1) is 51.8 Å². The average molecular weight is 342 g/mol. The molecule has 0 amide bonds. The van der Waals surface area contributed by atoms with Gasteiger partial charge < -0.3 is 18.9 Å². The lowest BCUT2D eigenvalue weighted by Crippen LogP contribution is -2.38. The average Bonchev–Trinajstić information content (AvgIpc) is 3.28. The third-order valence-electron chi connectivity index (χ3n) is 5.49. The Kier molecular flexibility index (Phi) is 5.04. The Hall–Kier alpha value is -1.46. The number of rotatable bonds is 6. The van der Waals surface area contributed by atoms with Gasteiger partial charge in [0.2, 0.25) is 0 Å². The molecule has 134 valence electrons. The summed E-state index contributed by atoms with van der Waals surface area (Å²) in [5.74, 6) is 0.806. The van der Waals surface area contributed by atoms with E-state index in [1.165, 1.54) is 16.7 Å². The van der Waals surface area contributed by atoms with Gasteiger partial charge in [0.1, 0.15) is 0 Å². The van der Waals surface area contributed by atoms with Crippen LogP contribution in [-0.4, -0.2) is 51.8 Å². The van der Waals surface area contributed by atoms with Crippen LogP contribution in [0.4, 0.5) is 0 Å². The van der Waals surface area contributed by atoms with Crippen LogP contribution in [0, 0.1) is 11.8 Å². The second-order valence-electron chi connectivity index (χ2n) is 7.15. The van der Waals surface area contributed by atoms with E-state index in [4.69, 9.17) is 18.9 Å². The molecule has 1 fully saturated rings. The molecule has 1 saturated carbocycles. The quantitative estimate of drug-likeness (QED) is 0.549. The van der Waals surface area contributed by atoms with Crippen molar-refractivity contribution in [1.82, 2.24) is 0 Å². The second-order valence-corrected chi connectivity index (χ2v) is 7.15. The summed E-state index contributed by atoms with van der Waals surface area (Å²) in [4.78, 5) is 0. The molecule has 4 atom stereocenters. The number of ether oxygens (including phenoxy) is 4. The molecule has 0 aromatic rings. The van der Waals surface area contributed by atoms with E-state index in [9.17, 15) is 0 Å². The lowest BCUT2D eigenvalue weighted by Gasteiger charge is -2.32. The Labute approximate surface area is 149 Å². The zero-order chi connectivity index (χ0) is 17.2. The minimum Gasteiger partial charge on any atom is -0.373 e. The first-order valence-electron chi connectivity index (χ1n) is 9.05. The van der Waals surface area contributed by atoms with Crippen molar-refractivity contribution in [2.45, 2.75) is 18.6 Å². The van der Waals surface area contributed by atoms with Crippen molar-refractivity contribution in [2.75, 3.05) is 39.6 Å². The standard InChI is InChI=1S/C21H26O4/c1-3-5-22-10-14(2)18-8-16-7-17-9-19(15-4-6-23-11-15)13-25-21(17)20(16)24-12-18/h3-4,8-9,16-17,20-21H,1-2,5-7,10-13H2/t16-,17+,20+,21-/m0/s1. The molecule has 0 unspecified atom stereocenters. The highest BCUT2D eigenvalue weighted by atomic mass is 16.5. The van der Waals surface area contributed by atoms with Gasteiger partial charge in [-0.3, -0.25) is 0 Å². The maximum Gasteiger partial charge on any atom is 0.0910 e. The van der Waals surface area contributed by atoms with E-state index in [1.807, 2.05) is 0 Å². The first kappa shape index (κ1) is 17.0. The number of fused-ring (bicyclic) bond motifs is 3. The van der Waals surface area contributed by atoms with Crippen molar-refractivity contribution in [3.8, 4) is 0 Å².